The van der Waals surface area contributed by atoms with Gasteiger partial charge in [0.2, 0.25) is 5.76 Å². The summed E-state index contributed by atoms with van der Waals surface area (Å²) in [4.78, 5) is 21.9. The quantitative estimate of drug-likeness (QED) is 0.733. The maximum atomic E-state index is 11.3. The highest BCUT2D eigenvalue weighted by molar-refractivity contribution is 5.86. The zero-order valence-electron chi connectivity index (χ0n) is 9.53. The maximum Gasteiger partial charge on any atom is 0.374 e. The van der Waals surface area contributed by atoms with Crippen LogP contribution >= 0.6 is 0 Å². The van der Waals surface area contributed by atoms with Gasteiger partial charge >= 0.3 is 11.9 Å². The third-order valence-electron chi connectivity index (χ3n) is 1.90. The fourth-order valence-corrected chi connectivity index (χ4v) is 1.13. The largest absolute Gasteiger partial charge is 0.460 e. The Labute approximate surface area is 93.3 Å². The lowest BCUT2D eigenvalue weighted by molar-refractivity contribution is -0.142. The van der Waals surface area contributed by atoms with E-state index in [0.717, 1.165) is 5.56 Å². The van der Waals surface area contributed by atoms with Gasteiger partial charge in [-0.25, -0.2) is 4.79 Å². The molecule has 0 spiro atoms. The number of hydrogen-bond acceptors (Lipinski definition) is 5. The summed E-state index contributed by atoms with van der Waals surface area (Å²) >= 11 is 0. The van der Waals surface area contributed by atoms with Gasteiger partial charge in [-0.3, -0.25) is 4.79 Å². The highest BCUT2D eigenvalue weighted by atomic mass is 16.6. The van der Waals surface area contributed by atoms with Crippen molar-refractivity contribution in [2.75, 3.05) is 6.61 Å². The van der Waals surface area contributed by atoms with E-state index in [4.69, 9.17) is 13.9 Å². The van der Waals surface area contributed by atoms with Crippen molar-refractivity contribution in [2.24, 2.45) is 0 Å². The van der Waals surface area contributed by atoms with Crippen molar-refractivity contribution in [3.63, 3.8) is 0 Å². The summed E-state index contributed by atoms with van der Waals surface area (Å²) < 4.78 is 14.8. The standard InChI is InChI=1S/C11H14O5/c1-4-14-11(13)9-5-7(2)10(16-9)6-15-8(3)12/h5H,4,6H2,1-3H3. The van der Waals surface area contributed by atoms with Gasteiger partial charge in [-0.2, -0.15) is 0 Å². The fourth-order valence-electron chi connectivity index (χ4n) is 1.13. The molecule has 1 heterocycles. The number of rotatable bonds is 4. The first-order chi connectivity index (χ1) is 7.54. The minimum atomic E-state index is -0.514. The first kappa shape index (κ1) is 12.3. The van der Waals surface area contributed by atoms with Crippen LogP contribution < -0.4 is 0 Å². The number of hydrogen-bond donors (Lipinski definition) is 0. The molecule has 1 aromatic heterocycles. The Morgan fingerprint density at radius 1 is 1.38 bits per heavy atom. The van der Waals surface area contributed by atoms with Crippen LogP contribution in [0, 0.1) is 6.92 Å². The monoisotopic (exact) mass is 226 g/mol. The summed E-state index contributed by atoms with van der Waals surface area (Å²) in [7, 11) is 0. The third kappa shape index (κ3) is 3.12. The first-order valence-corrected chi connectivity index (χ1v) is 4.94. The van der Waals surface area contributed by atoms with Gasteiger partial charge in [-0.15, -0.1) is 0 Å². The summed E-state index contributed by atoms with van der Waals surface area (Å²) in [6.07, 6.45) is 0. The molecule has 0 bridgehead atoms. The van der Waals surface area contributed by atoms with Crippen molar-refractivity contribution < 1.29 is 23.5 Å². The predicted molar refractivity (Wildman–Crippen MR) is 54.9 cm³/mol. The zero-order chi connectivity index (χ0) is 12.1. The molecule has 0 amide bonds. The van der Waals surface area contributed by atoms with Gasteiger partial charge in [0.15, 0.2) is 0 Å². The highest BCUT2D eigenvalue weighted by Crippen LogP contribution is 2.16. The Hall–Kier alpha value is -1.78. The molecule has 5 nitrogen and oxygen atoms in total. The molecular weight excluding hydrogens is 212 g/mol. The summed E-state index contributed by atoms with van der Waals surface area (Å²) in [6, 6.07) is 1.57. The molecule has 0 atom stereocenters. The molecule has 0 fully saturated rings. The minimum Gasteiger partial charge on any atom is -0.460 e. The Morgan fingerprint density at radius 2 is 2.06 bits per heavy atom. The van der Waals surface area contributed by atoms with Crippen molar-refractivity contribution in [2.45, 2.75) is 27.4 Å². The van der Waals surface area contributed by atoms with Crippen molar-refractivity contribution in [3.8, 4) is 0 Å². The van der Waals surface area contributed by atoms with E-state index in [1.807, 2.05) is 0 Å². The lowest BCUT2D eigenvalue weighted by atomic mass is 10.3. The van der Waals surface area contributed by atoms with E-state index in [1.54, 1.807) is 19.9 Å². The van der Waals surface area contributed by atoms with Crippen molar-refractivity contribution in [1.29, 1.82) is 0 Å². The molecule has 0 unspecified atom stereocenters. The highest BCUT2D eigenvalue weighted by Gasteiger charge is 2.15. The molecule has 0 radical (unpaired) electrons. The molecule has 0 aromatic carbocycles. The molecule has 5 heteroatoms. The van der Waals surface area contributed by atoms with Gasteiger partial charge in [0.1, 0.15) is 12.4 Å². The van der Waals surface area contributed by atoms with Crippen LogP contribution in [0.2, 0.25) is 0 Å². The van der Waals surface area contributed by atoms with Crippen LogP contribution in [0.25, 0.3) is 0 Å². The van der Waals surface area contributed by atoms with E-state index in [1.165, 1.54) is 6.92 Å². The number of carbonyl (C=O) groups is 2. The Kier molecular flexibility index (Phi) is 4.10. The van der Waals surface area contributed by atoms with Crippen LogP contribution in [-0.2, 0) is 20.9 Å². The fraction of sp³-hybridized carbons (Fsp3) is 0.455. The molecule has 88 valence electrons. The van der Waals surface area contributed by atoms with Crippen molar-refractivity contribution in [3.05, 3.63) is 23.2 Å². The molecule has 0 aliphatic carbocycles. The number of esters is 2. The van der Waals surface area contributed by atoms with E-state index in [-0.39, 0.29) is 19.0 Å². The summed E-state index contributed by atoms with van der Waals surface area (Å²) in [6.45, 7) is 5.11. The Bertz CT molecular complexity index is 391. The lowest BCUT2D eigenvalue weighted by Gasteiger charge is -1.99. The summed E-state index contributed by atoms with van der Waals surface area (Å²) in [5, 5.41) is 0. The topological polar surface area (TPSA) is 65.7 Å². The molecule has 0 saturated heterocycles. The van der Waals surface area contributed by atoms with Gasteiger partial charge in [0, 0.05) is 6.92 Å². The van der Waals surface area contributed by atoms with Crippen LogP contribution in [0.3, 0.4) is 0 Å². The Morgan fingerprint density at radius 3 is 2.62 bits per heavy atom. The normalized spacial score (nSPS) is 9.94. The van der Waals surface area contributed by atoms with Crippen LogP contribution in [0.1, 0.15) is 35.7 Å². The SMILES string of the molecule is CCOC(=O)c1cc(C)c(COC(C)=O)o1. The Balaban J connectivity index is 2.73. The van der Waals surface area contributed by atoms with E-state index in [2.05, 4.69) is 0 Å². The molecule has 1 rings (SSSR count). The van der Waals surface area contributed by atoms with E-state index in [0.29, 0.717) is 5.76 Å². The molecule has 0 aliphatic rings. The smallest absolute Gasteiger partial charge is 0.374 e. The molecular formula is C11H14O5. The van der Waals surface area contributed by atoms with Crippen molar-refractivity contribution >= 4 is 11.9 Å². The van der Waals surface area contributed by atoms with Crippen LogP contribution in [-0.4, -0.2) is 18.5 Å². The number of furan rings is 1. The van der Waals surface area contributed by atoms with Crippen LogP contribution in [0.4, 0.5) is 0 Å². The van der Waals surface area contributed by atoms with Crippen molar-refractivity contribution in [1.82, 2.24) is 0 Å². The van der Waals surface area contributed by atoms with E-state index < -0.39 is 11.9 Å². The lowest BCUT2D eigenvalue weighted by Crippen LogP contribution is -2.03. The predicted octanol–water partition coefficient (Wildman–Crippen LogP) is 1.83. The van der Waals surface area contributed by atoms with Gasteiger partial charge in [-0.05, 0) is 25.5 Å². The molecule has 16 heavy (non-hydrogen) atoms. The molecule has 0 aliphatic heterocycles. The minimum absolute atomic E-state index is 0.0283. The number of aryl methyl sites for hydroxylation is 1. The van der Waals surface area contributed by atoms with Gasteiger partial charge in [0.05, 0.1) is 6.61 Å². The average molecular weight is 226 g/mol. The molecule has 0 saturated carbocycles. The van der Waals surface area contributed by atoms with Crippen LogP contribution in [0.15, 0.2) is 10.5 Å². The van der Waals surface area contributed by atoms with Crippen LogP contribution in [0.5, 0.6) is 0 Å². The molecule has 0 N–H and O–H groups in total. The average Bonchev–Trinajstić information content (AvgIpc) is 2.57. The van der Waals surface area contributed by atoms with Gasteiger partial charge < -0.3 is 13.9 Å². The maximum absolute atomic E-state index is 11.3. The summed E-state index contributed by atoms with van der Waals surface area (Å²) in [5.74, 6) is -0.326. The number of ether oxygens (including phenoxy) is 2. The second kappa shape index (κ2) is 5.34. The first-order valence-electron chi connectivity index (χ1n) is 4.94. The second-order valence-electron chi connectivity index (χ2n) is 3.22. The molecule has 1 aromatic rings. The number of carbonyl (C=O) groups excluding carboxylic acids is 2. The van der Waals surface area contributed by atoms with Gasteiger partial charge in [0.25, 0.3) is 0 Å². The second-order valence-corrected chi connectivity index (χ2v) is 3.22. The van der Waals surface area contributed by atoms with Gasteiger partial charge in [-0.1, -0.05) is 0 Å². The van der Waals surface area contributed by atoms with E-state index >= 15 is 0 Å². The summed E-state index contributed by atoms with van der Waals surface area (Å²) in [5.41, 5.74) is 0.754. The third-order valence-corrected chi connectivity index (χ3v) is 1.90. The zero-order valence-corrected chi connectivity index (χ0v) is 9.53. The van der Waals surface area contributed by atoms with E-state index in [9.17, 15) is 9.59 Å².